The van der Waals surface area contributed by atoms with Crippen molar-refractivity contribution in [3.05, 3.63) is 87.1 Å². The van der Waals surface area contributed by atoms with Crippen molar-refractivity contribution in [1.82, 2.24) is 9.88 Å². The van der Waals surface area contributed by atoms with Gasteiger partial charge in [-0.1, -0.05) is 31.5 Å². The van der Waals surface area contributed by atoms with Gasteiger partial charge in [0.2, 0.25) is 0 Å². The minimum absolute atomic E-state index is 0.00155. The Balaban J connectivity index is 1.55. The van der Waals surface area contributed by atoms with Crippen LogP contribution in [0.15, 0.2) is 54.1 Å². The number of methoxy groups -OCH3 is 1. The molecule has 0 spiro atoms. The van der Waals surface area contributed by atoms with Crippen molar-refractivity contribution in [3.8, 4) is 17.0 Å². The van der Waals surface area contributed by atoms with Crippen molar-refractivity contribution < 1.29 is 50.5 Å². The molecule has 2 heterocycles. The van der Waals surface area contributed by atoms with E-state index in [1.54, 1.807) is 18.2 Å². The van der Waals surface area contributed by atoms with Crippen molar-refractivity contribution in [3.63, 3.8) is 0 Å². The monoisotopic (exact) mass is 696 g/mol. The molecule has 1 amide bonds. The number of hydrogen-bond acceptors (Lipinski definition) is 5. The number of halogens is 7. The number of amides is 1. The van der Waals surface area contributed by atoms with Crippen molar-refractivity contribution in [2.45, 2.75) is 64.5 Å². The predicted octanol–water partition coefficient (Wildman–Crippen LogP) is 9.69. The average molecular weight is 697 g/mol. The molecule has 1 fully saturated rings. The number of alkyl halides is 6. The van der Waals surface area contributed by atoms with Crippen LogP contribution in [0.2, 0.25) is 5.02 Å². The molecule has 7 nitrogen and oxygen atoms in total. The molecule has 14 heteroatoms. The molecular weight excluding hydrogens is 666 g/mol. The Morgan fingerprint density at radius 3 is 2.27 bits per heavy atom. The molecule has 2 aromatic carbocycles. The third-order valence-electron chi connectivity index (χ3n) is 8.72. The van der Waals surface area contributed by atoms with Crippen LogP contribution in [-0.2, 0) is 17.1 Å². The van der Waals surface area contributed by atoms with Gasteiger partial charge in [0.1, 0.15) is 17.5 Å². The summed E-state index contributed by atoms with van der Waals surface area (Å²) in [6.45, 7) is 5.58. The Morgan fingerprint density at radius 1 is 1.06 bits per heavy atom. The van der Waals surface area contributed by atoms with Crippen LogP contribution >= 0.6 is 11.6 Å². The minimum atomic E-state index is -5.06. The van der Waals surface area contributed by atoms with Crippen LogP contribution in [0.5, 0.6) is 5.75 Å². The van der Waals surface area contributed by atoms with Gasteiger partial charge in [-0.3, -0.25) is 4.90 Å². The number of rotatable bonds is 7. The average Bonchev–Trinajstić information content (AvgIpc) is 3.27. The van der Waals surface area contributed by atoms with Crippen LogP contribution in [0.3, 0.4) is 0 Å². The van der Waals surface area contributed by atoms with E-state index in [4.69, 9.17) is 26.1 Å². The van der Waals surface area contributed by atoms with Gasteiger partial charge in [-0.05, 0) is 90.8 Å². The molecule has 2 atom stereocenters. The fourth-order valence-electron chi connectivity index (χ4n) is 6.19. The van der Waals surface area contributed by atoms with Crippen LogP contribution < -0.4 is 4.74 Å². The van der Waals surface area contributed by atoms with Crippen molar-refractivity contribution in [2.24, 2.45) is 5.41 Å². The smallest absolute Gasteiger partial charge is 0.416 e. The summed E-state index contributed by atoms with van der Waals surface area (Å²) in [5.41, 5.74) is -0.724. The zero-order chi connectivity index (χ0) is 35.3. The van der Waals surface area contributed by atoms with Crippen LogP contribution in [0.1, 0.15) is 78.9 Å². The van der Waals surface area contributed by atoms with Gasteiger partial charge in [-0.15, -0.1) is 0 Å². The van der Waals surface area contributed by atoms with Crippen LogP contribution in [-0.4, -0.2) is 46.7 Å². The van der Waals surface area contributed by atoms with Crippen molar-refractivity contribution in [1.29, 1.82) is 0 Å². The first-order chi connectivity index (χ1) is 22.3. The fourth-order valence-corrected chi connectivity index (χ4v) is 6.47. The van der Waals surface area contributed by atoms with Crippen molar-refractivity contribution in [2.75, 3.05) is 13.7 Å². The van der Waals surface area contributed by atoms with Gasteiger partial charge in [-0.2, -0.15) is 26.3 Å². The number of aromatic nitrogens is 1. The maximum atomic E-state index is 13.6. The quantitative estimate of drug-likeness (QED) is 0.248. The summed E-state index contributed by atoms with van der Waals surface area (Å²) in [4.78, 5) is 30.8. The lowest BCUT2D eigenvalue weighted by Gasteiger charge is -2.35. The van der Waals surface area contributed by atoms with Crippen LogP contribution in [0, 0.1) is 5.41 Å². The van der Waals surface area contributed by atoms with Crippen LogP contribution in [0.4, 0.5) is 31.1 Å². The molecule has 256 valence electrons. The Bertz CT molecular complexity index is 1770. The van der Waals surface area contributed by atoms with Gasteiger partial charge < -0.3 is 14.6 Å². The number of carboxylic acids is 1. The van der Waals surface area contributed by atoms with Crippen LogP contribution in [0.25, 0.3) is 16.8 Å². The maximum Gasteiger partial charge on any atom is 0.416 e. The summed E-state index contributed by atoms with van der Waals surface area (Å²) in [6.07, 6.45) is -10.6. The standard InChI is InChI=1S/C34H31ClF6N2O5/c1-17-29(19-11-21(33(36,37)38)14-22(12-19)34(39,40)41)48-31(46)43(17)16-20-15-32(2,3)10-9-23(20)28-27(47-4)8-7-26(42-28)24-6-5-18(30(44)45)13-25(24)35/h5-8,11-14,17,29H,9-10,15-16H2,1-4H3,(H,44,45)/t17-,29-/m0/s1. The van der Waals surface area contributed by atoms with E-state index in [-0.39, 0.29) is 28.6 Å². The zero-order valence-corrected chi connectivity index (χ0v) is 27.0. The molecule has 0 radical (unpaired) electrons. The molecule has 0 bridgehead atoms. The second-order valence-corrected chi connectivity index (χ2v) is 13.1. The molecule has 1 saturated heterocycles. The maximum absolute atomic E-state index is 13.6. The number of allylic oxidation sites excluding steroid dienone is 1. The number of carbonyl (C=O) groups excluding carboxylic acids is 1. The van der Waals surface area contributed by atoms with E-state index in [9.17, 15) is 41.0 Å². The van der Waals surface area contributed by atoms with E-state index in [0.717, 1.165) is 17.6 Å². The second-order valence-electron chi connectivity index (χ2n) is 12.7. The number of cyclic esters (lactones) is 1. The summed E-state index contributed by atoms with van der Waals surface area (Å²) in [7, 11) is 1.47. The third kappa shape index (κ3) is 7.11. The Morgan fingerprint density at radius 2 is 1.71 bits per heavy atom. The Hall–Kier alpha value is -4.26. The fraction of sp³-hybridized carbons (Fsp3) is 0.382. The molecule has 1 aromatic heterocycles. The number of carbonyl (C=O) groups is 2. The molecule has 1 aliphatic heterocycles. The molecule has 0 unspecified atom stereocenters. The molecule has 5 rings (SSSR count). The van der Waals surface area contributed by atoms with E-state index in [1.807, 2.05) is 13.8 Å². The highest BCUT2D eigenvalue weighted by molar-refractivity contribution is 6.33. The normalized spacial score (nSPS) is 19.8. The first-order valence-corrected chi connectivity index (χ1v) is 15.2. The summed E-state index contributed by atoms with van der Waals surface area (Å²) in [5, 5.41) is 9.49. The summed E-state index contributed by atoms with van der Waals surface area (Å²) in [5.74, 6) is -0.722. The summed E-state index contributed by atoms with van der Waals surface area (Å²) < 4.78 is 92.6. The number of hydrogen-bond donors (Lipinski definition) is 1. The molecule has 48 heavy (non-hydrogen) atoms. The number of benzene rings is 2. The Labute approximate surface area is 277 Å². The molecular formula is C34H31ClF6N2O5. The number of carboxylic acid groups (broad SMARTS) is 1. The SMILES string of the molecule is COc1ccc(-c2ccc(C(=O)O)cc2Cl)nc1C1=C(CN2C(=O)O[C@H](c3cc(C(F)(F)F)cc(C(F)(F)F)c3)[C@@H]2C)CC(C)(C)CC1. The molecule has 0 saturated carbocycles. The van der Waals surface area contributed by atoms with Gasteiger partial charge in [0, 0.05) is 12.1 Å². The molecule has 1 aliphatic carbocycles. The van der Waals surface area contributed by atoms with Gasteiger partial charge in [0.05, 0.1) is 40.6 Å². The van der Waals surface area contributed by atoms with Crippen molar-refractivity contribution >= 4 is 29.2 Å². The first-order valence-electron chi connectivity index (χ1n) is 14.9. The summed E-state index contributed by atoms with van der Waals surface area (Å²) in [6, 6.07) is 7.90. The van der Waals surface area contributed by atoms with E-state index >= 15 is 0 Å². The van der Waals surface area contributed by atoms with Gasteiger partial charge >= 0.3 is 24.4 Å². The number of ether oxygens (including phenoxy) is 2. The van der Waals surface area contributed by atoms with Gasteiger partial charge in [-0.25, -0.2) is 14.6 Å². The number of pyridine rings is 1. The lowest BCUT2D eigenvalue weighted by molar-refractivity contribution is -0.143. The Kier molecular flexibility index (Phi) is 9.24. The molecule has 3 aromatic rings. The zero-order valence-electron chi connectivity index (χ0n) is 26.2. The third-order valence-corrected chi connectivity index (χ3v) is 9.03. The highest BCUT2D eigenvalue weighted by atomic mass is 35.5. The van der Waals surface area contributed by atoms with Gasteiger partial charge in [0.25, 0.3) is 0 Å². The highest BCUT2D eigenvalue weighted by Crippen LogP contribution is 2.46. The highest BCUT2D eigenvalue weighted by Gasteiger charge is 2.44. The topological polar surface area (TPSA) is 89.0 Å². The molecule has 2 aliphatic rings. The summed E-state index contributed by atoms with van der Waals surface area (Å²) >= 11 is 6.44. The van der Waals surface area contributed by atoms with E-state index in [1.165, 1.54) is 31.1 Å². The predicted molar refractivity (Wildman–Crippen MR) is 165 cm³/mol. The largest absolute Gasteiger partial charge is 0.494 e. The van der Waals surface area contributed by atoms with Gasteiger partial charge in [0.15, 0.2) is 0 Å². The first kappa shape index (κ1) is 35.1. The lowest BCUT2D eigenvalue weighted by atomic mass is 9.73. The second kappa shape index (κ2) is 12.6. The minimum Gasteiger partial charge on any atom is -0.494 e. The number of nitrogens with zero attached hydrogens (tertiary/aromatic N) is 2. The number of aromatic carboxylic acids is 1. The lowest BCUT2D eigenvalue weighted by Crippen LogP contribution is -2.35. The van der Waals surface area contributed by atoms with E-state index < -0.39 is 53.3 Å². The molecule has 1 N–H and O–H groups in total. The van der Waals surface area contributed by atoms with E-state index in [2.05, 4.69) is 0 Å². The van der Waals surface area contributed by atoms with E-state index in [0.29, 0.717) is 47.7 Å².